The van der Waals surface area contributed by atoms with E-state index in [4.69, 9.17) is 17.3 Å². The van der Waals surface area contributed by atoms with Gasteiger partial charge in [-0.1, -0.05) is 11.6 Å². The normalized spacial score (nSPS) is 15.8. The summed E-state index contributed by atoms with van der Waals surface area (Å²) in [5.74, 6) is 0. The van der Waals surface area contributed by atoms with Gasteiger partial charge in [-0.15, -0.1) is 0 Å². The number of hydrogen-bond donors (Lipinski definition) is 1. The average molecular weight is 254 g/mol. The summed E-state index contributed by atoms with van der Waals surface area (Å²) in [5, 5.41) is 0.839. The van der Waals surface area contributed by atoms with Gasteiger partial charge in [0.15, 0.2) is 0 Å². The molecular weight excluding hydrogens is 234 g/mol. The summed E-state index contributed by atoms with van der Waals surface area (Å²) in [6, 6.07) is 4.24. The number of nitrogens with zero attached hydrogens (tertiary/aromatic N) is 2. The molecule has 2 rings (SSSR count). The molecule has 1 heterocycles. The van der Waals surface area contributed by atoms with Crippen LogP contribution in [-0.2, 0) is 0 Å². The first kappa shape index (κ1) is 12.5. The van der Waals surface area contributed by atoms with E-state index in [0.29, 0.717) is 6.54 Å². The number of aryl methyl sites for hydroxylation is 1. The molecule has 0 unspecified atom stereocenters. The number of hydrogen-bond acceptors (Lipinski definition) is 3. The lowest BCUT2D eigenvalue weighted by molar-refractivity contribution is 0.741. The Bertz CT molecular complexity index is 406. The molecule has 1 aliphatic rings. The zero-order valence-corrected chi connectivity index (χ0v) is 11.3. The highest BCUT2D eigenvalue weighted by Gasteiger charge is 2.20. The van der Waals surface area contributed by atoms with Crippen LogP contribution in [0.15, 0.2) is 12.1 Å². The second kappa shape index (κ2) is 5.15. The average Bonchev–Trinajstić information content (AvgIpc) is 2.40. The third-order valence-corrected chi connectivity index (χ3v) is 3.52. The van der Waals surface area contributed by atoms with E-state index in [0.717, 1.165) is 36.8 Å². The highest BCUT2D eigenvalue weighted by molar-refractivity contribution is 6.34. The maximum Gasteiger partial charge on any atom is 0.0790 e. The second-order valence-corrected chi connectivity index (χ2v) is 5.07. The van der Waals surface area contributed by atoms with E-state index in [2.05, 4.69) is 29.8 Å². The topological polar surface area (TPSA) is 32.5 Å². The van der Waals surface area contributed by atoms with Crippen molar-refractivity contribution < 1.29 is 0 Å². The fourth-order valence-electron chi connectivity index (χ4n) is 2.45. The van der Waals surface area contributed by atoms with Crippen LogP contribution in [0.5, 0.6) is 0 Å². The highest BCUT2D eigenvalue weighted by Crippen LogP contribution is 2.38. The van der Waals surface area contributed by atoms with E-state index in [-0.39, 0.29) is 0 Å². The summed E-state index contributed by atoms with van der Waals surface area (Å²) in [5.41, 5.74) is 9.25. The first-order valence-electron chi connectivity index (χ1n) is 6.10. The smallest absolute Gasteiger partial charge is 0.0790 e. The molecule has 17 heavy (non-hydrogen) atoms. The van der Waals surface area contributed by atoms with E-state index >= 15 is 0 Å². The Balaban J connectivity index is 2.50. The van der Waals surface area contributed by atoms with Crippen molar-refractivity contribution in [1.82, 2.24) is 0 Å². The second-order valence-electron chi connectivity index (χ2n) is 4.67. The third-order valence-electron chi connectivity index (χ3n) is 3.23. The molecule has 1 aromatic rings. The molecule has 2 N–H and O–H groups in total. The minimum absolute atomic E-state index is 0.675. The summed E-state index contributed by atoms with van der Waals surface area (Å²) in [4.78, 5) is 4.59. The van der Waals surface area contributed by atoms with Gasteiger partial charge in [-0.05, 0) is 31.0 Å². The molecule has 0 radical (unpaired) electrons. The maximum atomic E-state index is 6.38. The summed E-state index contributed by atoms with van der Waals surface area (Å²) in [6.07, 6.45) is 1.14. The van der Waals surface area contributed by atoms with E-state index in [1.54, 1.807) is 0 Å². The van der Waals surface area contributed by atoms with Gasteiger partial charge in [0.25, 0.3) is 0 Å². The van der Waals surface area contributed by atoms with Gasteiger partial charge in [0.2, 0.25) is 0 Å². The van der Waals surface area contributed by atoms with E-state index < -0.39 is 0 Å². The molecular formula is C13H20ClN3. The van der Waals surface area contributed by atoms with Crippen molar-refractivity contribution in [1.29, 1.82) is 0 Å². The monoisotopic (exact) mass is 253 g/mol. The van der Waals surface area contributed by atoms with E-state index in [9.17, 15) is 0 Å². The summed E-state index contributed by atoms with van der Waals surface area (Å²) < 4.78 is 0. The standard InChI is InChI=1S/C13H20ClN3/c1-10-8-11(14)13-12(9-10)17(7-4-15)6-3-5-16(13)2/h8-9H,3-7,15H2,1-2H3. The molecule has 1 aromatic carbocycles. The summed E-state index contributed by atoms with van der Waals surface area (Å²) >= 11 is 6.38. The van der Waals surface area contributed by atoms with Crippen LogP contribution < -0.4 is 15.5 Å². The first-order chi connectivity index (χ1) is 8.13. The zero-order valence-electron chi connectivity index (χ0n) is 10.5. The predicted octanol–water partition coefficient (Wildman–Crippen LogP) is 2.25. The molecule has 0 bridgehead atoms. The molecule has 0 atom stereocenters. The number of benzene rings is 1. The Morgan fingerprint density at radius 3 is 2.82 bits per heavy atom. The van der Waals surface area contributed by atoms with Crippen LogP contribution in [0, 0.1) is 6.92 Å². The largest absolute Gasteiger partial charge is 0.372 e. The van der Waals surface area contributed by atoms with Crippen molar-refractivity contribution in [3.05, 3.63) is 22.7 Å². The molecule has 4 heteroatoms. The van der Waals surface area contributed by atoms with Gasteiger partial charge in [0.05, 0.1) is 16.4 Å². The van der Waals surface area contributed by atoms with Crippen molar-refractivity contribution in [2.24, 2.45) is 5.73 Å². The Morgan fingerprint density at radius 2 is 2.12 bits per heavy atom. The number of anilines is 2. The lowest BCUT2D eigenvalue weighted by Crippen LogP contribution is -2.30. The molecule has 94 valence electrons. The number of fused-ring (bicyclic) bond motifs is 1. The molecule has 1 aliphatic heterocycles. The van der Waals surface area contributed by atoms with Gasteiger partial charge in [0, 0.05) is 33.2 Å². The van der Waals surface area contributed by atoms with E-state index in [1.807, 2.05) is 6.07 Å². The van der Waals surface area contributed by atoms with Crippen molar-refractivity contribution in [3.63, 3.8) is 0 Å². The Labute approximate surface area is 108 Å². The van der Waals surface area contributed by atoms with Crippen LogP contribution >= 0.6 is 11.6 Å². The molecule has 0 fully saturated rings. The number of nitrogens with two attached hydrogens (primary N) is 1. The lowest BCUT2D eigenvalue weighted by atomic mass is 10.1. The van der Waals surface area contributed by atoms with Gasteiger partial charge < -0.3 is 15.5 Å². The Kier molecular flexibility index (Phi) is 3.79. The first-order valence-corrected chi connectivity index (χ1v) is 6.47. The van der Waals surface area contributed by atoms with Crippen molar-refractivity contribution in [3.8, 4) is 0 Å². The van der Waals surface area contributed by atoms with Gasteiger partial charge in [-0.2, -0.15) is 0 Å². The molecule has 0 amide bonds. The van der Waals surface area contributed by atoms with Crippen LogP contribution in [0.3, 0.4) is 0 Å². The van der Waals surface area contributed by atoms with Crippen molar-refractivity contribution >= 4 is 23.0 Å². The molecule has 3 nitrogen and oxygen atoms in total. The van der Waals surface area contributed by atoms with Crippen molar-refractivity contribution in [2.75, 3.05) is 43.0 Å². The molecule has 0 saturated heterocycles. The summed E-state index contributed by atoms with van der Waals surface area (Å²) in [7, 11) is 2.10. The SMILES string of the molecule is Cc1cc(Cl)c2c(c1)N(CCN)CCCN2C. The van der Waals surface area contributed by atoms with Gasteiger partial charge >= 0.3 is 0 Å². The number of halogens is 1. The van der Waals surface area contributed by atoms with Gasteiger partial charge in [-0.25, -0.2) is 0 Å². The van der Waals surface area contributed by atoms with Crippen LogP contribution in [-0.4, -0.2) is 33.2 Å². The summed E-state index contributed by atoms with van der Waals surface area (Å²) in [6.45, 7) is 5.73. The minimum atomic E-state index is 0.675. The van der Waals surface area contributed by atoms with Crippen LogP contribution in [0.1, 0.15) is 12.0 Å². The van der Waals surface area contributed by atoms with Gasteiger partial charge in [0.1, 0.15) is 0 Å². The third kappa shape index (κ3) is 2.50. The zero-order chi connectivity index (χ0) is 12.4. The molecule has 0 aliphatic carbocycles. The van der Waals surface area contributed by atoms with Gasteiger partial charge in [-0.3, -0.25) is 0 Å². The minimum Gasteiger partial charge on any atom is -0.372 e. The number of rotatable bonds is 2. The molecule has 0 spiro atoms. The van der Waals surface area contributed by atoms with Crippen LogP contribution in [0.25, 0.3) is 0 Å². The predicted molar refractivity (Wildman–Crippen MR) is 75.3 cm³/mol. The van der Waals surface area contributed by atoms with Crippen LogP contribution in [0.4, 0.5) is 11.4 Å². The molecule has 0 aromatic heterocycles. The maximum absolute atomic E-state index is 6.38. The quantitative estimate of drug-likeness (QED) is 0.878. The van der Waals surface area contributed by atoms with Crippen molar-refractivity contribution in [2.45, 2.75) is 13.3 Å². The Morgan fingerprint density at radius 1 is 1.35 bits per heavy atom. The highest BCUT2D eigenvalue weighted by atomic mass is 35.5. The lowest BCUT2D eigenvalue weighted by Gasteiger charge is -2.26. The molecule has 0 saturated carbocycles. The fourth-order valence-corrected chi connectivity index (χ4v) is 2.87. The fraction of sp³-hybridized carbons (Fsp3) is 0.538. The Hall–Kier alpha value is -0.930. The van der Waals surface area contributed by atoms with E-state index in [1.165, 1.54) is 11.3 Å². The van der Waals surface area contributed by atoms with Crippen LogP contribution in [0.2, 0.25) is 5.02 Å².